The Bertz CT molecular complexity index is 725. The molecule has 1 aromatic carbocycles. The predicted molar refractivity (Wildman–Crippen MR) is 84.3 cm³/mol. The summed E-state index contributed by atoms with van der Waals surface area (Å²) in [5.41, 5.74) is 9.08. The number of nitrogens with zero attached hydrogens (tertiary/aromatic N) is 2. The van der Waals surface area contributed by atoms with Crippen LogP contribution in [0.5, 0.6) is 0 Å². The van der Waals surface area contributed by atoms with Crippen molar-refractivity contribution in [2.45, 2.75) is 12.5 Å². The molecule has 0 bridgehead atoms. The second-order valence-electron chi connectivity index (χ2n) is 4.71. The van der Waals surface area contributed by atoms with Crippen molar-refractivity contribution in [3.63, 3.8) is 0 Å². The van der Waals surface area contributed by atoms with Gasteiger partial charge in [0.05, 0.1) is 17.3 Å². The number of rotatable bonds is 3. The third kappa shape index (κ3) is 2.86. The number of fused-ring (bicyclic) bond motifs is 1. The van der Waals surface area contributed by atoms with Gasteiger partial charge in [-0.25, -0.2) is 0 Å². The highest BCUT2D eigenvalue weighted by molar-refractivity contribution is 9.10. The van der Waals surface area contributed by atoms with Crippen LogP contribution in [0.4, 0.5) is 0 Å². The quantitative estimate of drug-likeness (QED) is 0.799. The molecule has 0 spiro atoms. The van der Waals surface area contributed by atoms with Gasteiger partial charge in [0.15, 0.2) is 0 Å². The van der Waals surface area contributed by atoms with E-state index >= 15 is 0 Å². The molecule has 0 aliphatic heterocycles. The van der Waals surface area contributed by atoms with Crippen molar-refractivity contribution in [2.75, 3.05) is 0 Å². The van der Waals surface area contributed by atoms with Crippen LogP contribution < -0.4 is 5.73 Å². The summed E-state index contributed by atoms with van der Waals surface area (Å²) in [6.45, 7) is 0. The highest BCUT2D eigenvalue weighted by atomic mass is 79.9. The van der Waals surface area contributed by atoms with Gasteiger partial charge < -0.3 is 5.73 Å². The Balaban J connectivity index is 1.84. The standard InChI is InChI=1S/C16H14BrN3/c17-12-6-7-13(19-10-12)9-14(18)16-8-5-11-3-1-2-4-15(11)20-16/h1-8,10,14H,9,18H2. The second-order valence-corrected chi connectivity index (χ2v) is 5.62. The van der Waals surface area contributed by atoms with Gasteiger partial charge in [-0.1, -0.05) is 24.3 Å². The van der Waals surface area contributed by atoms with Gasteiger partial charge in [-0.05, 0) is 40.2 Å². The number of aromatic nitrogens is 2. The third-order valence-electron chi connectivity index (χ3n) is 3.22. The first kappa shape index (κ1) is 13.2. The average molecular weight is 328 g/mol. The molecule has 0 aliphatic rings. The van der Waals surface area contributed by atoms with E-state index in [1.165, 1.54) is 0 Å². The Labute approximate surface area is 126 Å². The molecule has 3 rings (SSSR count). The van der Waals surface area contributed by atoms with E-state index in [0.29, 0.717) is 6.42 Å². The van der Waals surface area contributed by atoms with E-state index in [-0.39, 0.29) is 6.04 Å². The summed E-state index contributed by atoms with van der Waals surface area (Å²) in [4.78, 5) is 8.98. The number of pyridine rings is 2. The normalized spacial score (nSPS) is 12.5. The van der Waals surface area contributed by atoms with Crippen LogP contribution in [0.3, 0.4) is 0 Å². The summed E-state index contributed by atoms with van der Waals surface area (Å²) in [5, 5.41) is 1.13. The summed E-state index contributed by atoms with van der Waals surface area (Å²) < 4.78 is 0.971. The molecule has 0 aliphatic carbocycles. The van der Waals surface area contributed by atoms with Gasteiger partial charge in [0.2, 0.25) is 0 Å². The van der Waals surface area contributed by atoms with Gasteiger partial charge in [-0.2, -0.15) is 0 Å². The fourth-order valence-corrected chi connectivity index (χ4v) is 2.38. The minimum atomic E-state index is -0.145. The van der Waals surface area contributed by atoms with E-state index in [2.05, 4.69) is 32.0 Å². The van der Waals surface area contributed by atoms with Crippen molar-refractivity contribution in [3.8, 4) is 0 Å². The molecule has 4 heteroatoms. The number of halogens is 1. The molecule has 20 heavy (non-hydrogen) atoms. The lowest BCUT2D eigenvalue weighted by molar-refractivity contribution is 0.686. The first-order valence-electron chi connectivity index (χ1n) is 6.44. The lowest BCUT2D eigenvalue weighted by atomic mass is 10.1. The highest BCUT2D eigenvalue weighted by Gasteiger charge is 2.10. The van der Waals surface area contributed by atoms with Crippen LogP contribution in [0, 0.1) is 0 Å². The average Bonchev–Trinajstić information content (AvgIpc) is 2.49. The highest BCUT2D eigenvalue weighted by Crippen LogP contribution is 2.18. The van der Waals surface area contributed by atoms with E-state index in [9.17, 15) is 0 Å². The molecule has 2 N–H and O–H groups in total. The maximum Gasteiger partial charge on any atom is 0.0706 e. The fraction of sp³-hybridized carbons (Fsp3) is 0.125. The van der Waals surface area contributed by atoms with Gasteiger partial charge in [-0.3, -0.25) is 9.97 Å². The first-order valence-corrected chi connectivity index (χ1v) is 7.23. The SMILES string of the molecule is NC(Cc1ccc(Br)cn1)c1ccc2ccccc2n1. The lowest BCUT2D eigenvalue weighted by Crippen LogP contribution is -2.15. The molecule has 0 amide bonds. The van der Waals surface area contributed by atoms with Gasteiger partial charge in [-0.15, -0.1) is 0 Å². The topological polar surface area (TPSA) is 51.8 Å². The van der Waals surface area contributed by atoms with Gasteiger partial charge in [0.1, 0.15) is 0 Å². The van der Waals surface area contributed by atoms with Crippen molar-refractivity contribution in [2.24, 2.45) is 5.73 Å². The number of hydrogen-bond acceptors (Lipinski definition) is 3. The summed E-state index contributed by atoms with van der Waals surface area (Å²) in [6, 6.07) is 15.9. The summed E-state index contributed by atoms with van der Waals surface area (Å²) >= 11 is 3.38. The van der Waals surface area contributed by atoms with Crippen LogP contribution in [0.15, 0.2) is 59.2 Å². The number of para-hydroxylation sites is 1. The van der Waals surface area contributed by atoms with Crippen LogP contribution in [0.2, 0.25) is 0 Å². The molecule has 2 aromatic heterocycles. The number of benzene rings is 1. The summed E-state index contributed by atoms with van der Waals surface area (Å²) in [6.07, 6.45) is 2.47. The van der Waals surface area contributed by atoms with Crippen LogP contribution >= 0.6 is 15.9 Å². The van der Waals surface area contributed by atoms with E-state index in [4.69, 9.17) is 5.73 Å². The van der Waals surface area contributed by atoms with E-state index in [1.54, 1.807) is 6.20 Å². The zero-order chi connectivity index (χ0) is 13.9. The van der Waals surface area contributed by atoms with Crippen LogP contribution in [-0.4, -0.2) is 9.97 Å². The molecule has 0 radical (unpaired) electrons. The maximum atomic E-state index is 6.24. The smallest absolute Gasteiger partial charge is 0.0706 e. The molecule has 0 fully saturated rings. The molecule has 1 unspecified atom stereocenters. The van der Waals surface area contributed by atoms with Crippen LogP contribution in [-0.2, 0) is 6.42 Å². The molecule has 3 aromatic rings. The lowest BCUT2D eigenvalue weighted by Gasteiger charge is -2.11. The van der Waals surface area contributed by atoms with Gasteiger partial charge in [0.25, 0.3) is 0 Å². The second kappa shape index (κ2) is 5.69. The summed E-state index contributed by atoms with van der Waals surface area (Å²) in [5.74, 6) is 0. The third-order valence-corrected chi connectivity index (χ3v) is 3.69. The number of nitrogens with two attached hydrogens (primary N) is 1. The predicted octanol–water partition coefficient (Wildman–Crippen LogP) is 3.63. The molecule has 1 atom stereocenters. The zero-order valence-electron chi connectivity index (χ0n) is 10.8. The zero-order valence-corrected chi connectivity index (χ0v) is 12.4. The number of hydrogen-bond donors (Lipinski definition) is 1. The molecule has 0 saturated carbocycles. The Morgan fingerprint density at radius 1 is 1.05 bits per heavy atom. The minimum absolute atomic E-state index is 0.145. The Morgan fingerprint density at radius 3 is 2.70 bits per heavy atom. The fourth-order valence-electron chi connectivity index (χ4n) is 2.15. The van der Waals surface area contributed by atoms with E-state index in [1.807, 2.05) is 42.5 Å². The van der Waals surface area contributed by atoms with Crippen molar-refractivity contribution >= 4 is 26.8 Å². The van der Waals surface area contributed by atoms with E-state index < -0.39 is 0 Å². The molecule has 2 heterocycles. The summed E-state index contributed by atoms with van der Waals surface area (Å²) in [7, 11) is 0. The van der Waals surface area contributed by atoms with Gasteiger partial charge in [0, 0.05) is 28.2 Å². The van der Waals surface area contributed by atoms with Crippen molar-refractivity contribution in [3.05, 3.63) is 70.6 Å². The maximum absolute atomic E-state index is 6.24. The van der Waals surface area contributed by atoms with E-state index in [0.717, 1.165) is 26.8 Å². The molecule has 3 nitrogen and oxygen atoms in total. The largest absolute Gasteiger partial charge is 0.322 e. The molecular formula is C16H14BrN3. The minimum Gasteiger partial charge on any atom is -0.322 e. The monoisotopic (exact) mass is 327 g/mol. The van der Waals surface area contributed by atoms with Crippen LogP contribution in [0.1, 0.15) is 17.4 Å². The van der Waals surface area contributed by atoms with Crippen molar-refractivity contribution in [1.82, 2.24) is 9.97 Å². The Morgan fingerprint density at radius 2 is 1.90 bits per heavy atom. The molecule has 0 saturated heterocycles. The molecular weight excluding hydrogens is 314 g/mol. The first-order chi connectivity index (χ1) is 9.72. The van der Waals surface area contributed by atoms with Crippen LogP contribution in [0.25, 0.3) is 10.9 Å². The Hall–Kier alpha value is -1.78. The Kier molecular flexibility index (Phi) is 3.76. The molecule has 100 valence electrons. The van der Waals surface area contributed by atoms with Gasteiger partial charge >= 0.3 is 0 Å². The van der Waals surface area contributed by atoms with Crippen molar-refractivity contribution < 1.29 is 0 Å². The van der Waals surface area contributed by atoms with Crippen molar-refractivity contribution in [1.29, 1.82) is 0 Å².